The predicted octanol–water partition coefficient (Wildman–Crippen LogP) is 1.99. The van der Waals surface area contributed by atoms with E-state index in [-0.39, 0.29) is 5.91 Å². The molecule has 92 valence electrons. The smallest absolute Gasteiger partial charge is 0.253 e. The second-order valence-corrected chi connectivity index (χ2v) is 5.95. The van der Waals surface area contributed by atoms with Gasteiger partial charge in [-0.05, 0) is 67.4 Å². The van der Waals surface area contributed by atoms with Crippen molar-refractivity contribution in [3.63, 3.8) is 0 Å². The van der Waals surface area contributed by atoms with Crippen LogP contribution in [0.25, 0.3) is 0 Å². The van der Waals surface area contributed by atoms with Crippen LogP contribution < -0.4 is 0 Å². The first-order chi connectivity index (χ1) is 7.99. The quantitative estimate of drug-likeness (QED) is 0.766. The molecule has 0 atom stereocenters. The van der Waals surface area contributed by atoms with Gasteiger partial charge in [-0.25, -0.2) is 0 Å². The highest BCUT2D eigenvalue weighted by Crippen LogP contribution is 2.19. The molecule has 0 aromatic heterocycles. The number of hydrogen-bond acceptors (Lipinski definition) is 2. The first-order valence-corrected chi connectivity index (χ1v) is 6.79. The molecule has 1 saturated heterocycles. The molecule has 0 N–H and O–H groups in total. The summed E-state index contributed by atoms with van der Waals surface area (Å²) in [6, 6.07) is 6.42. The molecule has 0 saturated carbocycles. The number of aryl methyl sites for hydroxylation is 1. The summed E-state index contributed by atoms with van der Waals surface area (Å²) in [5, 5.41) is 0. The SMILES string of the molecule is Cc1cc(C(=O)N2CC(N(C)C)C2)ccc1I. The minimum Gasteiger partial charge on any atom is -0.335 e. The average molecular weight is 344 g/mol. The van der Waals surface area contributed by atoms with Crippen LogP contribution in [0.5, 0.6) is 0 Å². The normalized spacial score (nSPS) is 16.2. The van der Waals surface area contributed by atoms with Crippen molar-refractivity contribution in [2.24, 2.45) is 0 Å². The molecule has 1 heterocycles. The van der Waals surface area contributed by atoms with Crippen LogP contribution in [0.4, 0.5) is 0 Å². The Kier molecular flexibility index (Phi) is 3.73. The van der Waals surface area contributed by atoms with Crippen LogP contribution in [0.2, 0.25) is 0 Å². The topological polar surface area (TPSA) is 23.6 Å². The Morgan fingerprint density at radius 2 is 2.06 bits per heavy atom. The number of hydrogen-bond donors (Lipinski definition) is 0. The average Bonchev–Trinajstić information content (AvgIpc) is 2.19. The van der Waals surface area contributed by atoms with E-state index >= 15 is 0 Å². The predicted molar refractivity (Wildman–Crippen MR) is 77.3 cm³/mol. The molecule has 0 unspecified atom stereocenters. The summed E-state index contributed by atoms with van der Waals surface area (Å²) in [6.45, 7) is 3.73. The van der Waals surface area contributed by atoms with Gasteiger partial charge in [-0.15, -0.1) is 0 Å². The third kappa shape index (κ3) is 2.63. The number of likely N-dealkylation sites (N-methyl/N-ethyl adjacent to an activating group) is 1. The van der Waals surface area contributed by atoms with Gasteiger partial charge in [0.25, 0.3) is 5.91 Å². The van der Waals surface area contributed by atoms with E-state index in [2.05, 4.69) is 41.6 Å². The summed E-state index contributed by atoms with van der Waals surface area (Å²) >= 11 is 2.29. The molecule has 1 fully saturated rings. The number of amides is 1. The van der Waals surface area contributed by atoms with Crippen LogP contribution in [0.1, 0.15) is 15.9 Å². The molecule has 4 heteroatoms. The van der Waals surface area contributed by atoms with E-state index in [4.69, 9.17) is 0 Å². The second-order valence-electron chi connectivity index (χ2n) is 4.79. The Morgan fingerprint density at radius 3 is 2.59 bits per heavy atom. The first-order valence-electron chi connectivity index (χ1n) is 5.71. The summed E-state index contributed by atoms with van der Waals surface area (Å²) < 4.78 is 1.20. The standard InChI is InChI=1S/C13H17IN2O/c1-9-6-10(4-5-12(9)14)13(17)16-7-11(8-16)15(2)3/h4-6,11H,7-8H2,1-3H3. The lowest BCUT2D eigenvalue weighted by atomic mass is 10.0. The maximum absolute atomic E-state index is 12.2. The van der Waals surface area contributed by atoms with Gasteiger partial charge in [0.2, 0.25) is 0 Å². The molecule has 1 aliphatic rings. The monoisotopic (exact) mass is 344 g/mol. The van der Waals surface area contributed by atoms with Crippen LogP contribution in [0.15, 0.2) is 18.2 Å². The van der Waals surface area contributed by atoms with E-state index in [1.165, 1.54) is 9.13 Å². The lowest BCUT2D eigenvalue weighted by Crippen LogP contribution is -2.59. The van der Waals surface area contributed by atoms with Crippen molar-refractivity contribution in [1.29, 1.82) is 0 Å². The summed E-state index contributed by atoms with van der Waals surface area (Å²) in [7, 11) is 4.11. The third-order valence-electron chi connectivity index (χ3n) is 3.28. The molecule has 17 heavy (non-hydrogen) atoms. The summed E-state index contributed by atoms with van der Waals surface area (Å²) in [5.41, 5.74) is 1.97. The van der Waals surface area contributed by atoms with Crippen molar-refractivity contribution in [1.82, 2.24) is 9.80 Å². The number of halogens is 1. The van der Waals surface area contributed by atoms with Crippen molar-refractivity contribution >= 4 is 28.5 Å². The Labute approximate surface area is 116 Å². The van der Waals surface area contributed by atoms with Gasteiger partial charge in [0.05, 0.1) is 0 Å². The number of rotatable bonds is 2. The van der Waals surface area contributed by atoms with Gasteiger partial charge in [0.15, 0.2) is 0 Å². The minimum atomic E-state index is 0.155. The summed E-state index contributed by atoms with van der Waals surface area (Å²) in [5.74, 6) is 0.155. The number of benzene rings is 1. The second kappa shape index (κ2) is 4.94. The molecule has 0 spiro atoms. The van der Waals surface area contributed by atoms with Gasteiger partial charge in [-0.2, -0.15) is 0 Å². The highest BCUT2D eigenvalue weighted by atomic mass is 127. The van der Waals surface area contributed by atoms with Crippen molar-refractivity contribution in [3.05, 3.63) is 32.9 Å². The fourth-order valence-electron chi connectivity index (χ4n) is 1.91. The van der Waals surface area contributed by atoms with Gasteiger partial charge in [0, 0.05) is 28.3 Å². The molecular formula is C13H17IN2O. The van der Waals surface area contributed by atoms with Crippen LogP contribution in [-0.4, -0.2) is 48.9 Å². The Bertz CT molecular complexity index is 439. The zero-order chi connectivity index (χ0) is 12.6. The highest BCUT2D eigenvalue weighted by molar-refractivity contribution is 14.1. The highest BCUT2D eigenvalue weighted by Gasteiger charge is 2.32. The van der Waals surface area contributed by atoms with Gasteiger partial charge in [-0.1, -0.05) is 0 Å². The first kappa shape index (κ1) is 12.8. The number of nitrogens with zero attached hydrogens (tertiary/aromatic N) is 2. The molecule has 0 aliphatic carbocycles. The van der Waals surface area contributed by atoms with Gasteiger partial charge in [-0.3, -0.25) is 4.79 Å². The summed E-state index contributed by atoms with van der Waals surface area (Å²) in [4.78, 5) is 16.2. The maximum Gasteiger partial charge on any atom is 0.253 e. The van der Waals surface area contributed by atoms with Gasteiger partial charge in [0.1, 0.15) is 0 Å². The van der Waals surface area contributed by atoms with E-state index in [1.54, 1.807) is 0 Å². The van der Waals surface area contributed by atoms with Crippen molar-refractivity contribution in [2.75, 3.05) is 27.2 Å². The molecule has 1 aromatic rings. The lowest BCUT2D eigenvalue weighted by Gasteiger charge is -2.42. The van der Waals surface area contributed by atoms with Crippen LogP contribution in [0.3, 0.4) is 0 Å². The maximum atomic E-state index is 12.2. The Hall–Kier alpha value is -0.620. The van der Waals surface area contributed by atoms with Gasteiger partial charge >= 0.3 is 0 Å². The van der Waals surface area contributed by atoms with Crippen LogP contribution in [-0.2, 0) is 0 Å². The molecule has 0 bridgehead atoms. The summed E-state index contributed by atoms with van der Waals surface area (Å²) in [6.07, 6.45) is 0. The lowest BCUT2D eigenvalue weighted by molar-refractivity contribution is 0.0399. The van der Waals surface area contributed by atoms with E-state index in [0.29, 0.717) is 6.04 Å². The number of carbonyl (C=O) groups excluding carboxylic acids is 1. The molecule has 1 aromatic carbocycles. The molecule has 0 radical (unpaired) electrons. The zero-order valence-electron chi connectivity index (χ0n) is 10.4. The Balaban J connectivity index is 2.04. The van der Waals surface area contributed by atoms with E-state index in [1.807, 2.05) is 30.0 Å². The van der Waals surface area contributed by atoms with E-state index in [0.717, 1.165) is 18.7 Å². The largest absolute Gasteiger partial charge is 0.335 e. The van der Waals surface area contributed by atoms with Gasteiger partial charge < -0.3 is 9.80 Å². The Morgan fingerprint density at radius 1 is 1.41 bits per heavy atom. The van der Waals surface area contributed by atoms with Crippen LogP contribution >= 0.6 is 22.6 Å². The fraction of sp³-hybridized carbons (Fsp3) is 0.462. The molecule has 3 nitrogen and oxygen atoms in total. The van der Waals surface area contributed by atoms with E-state index < -0.39 is 0 Å². The van der Waals surface area contributed by atoms with Crippen LogP contribution in [0, 0.1) is 10.5 Å². The third-order valence-corrected chi connectivity index (χ3v) is 4.50. The van der Waals surface area contributed by atoms with E-state index in [9.17, 15) is 4.79 Å². The number of likely N-dealkylation sites (tertiary alicyclic amines) is 1. The molecular weight excluding hydrogens is 327 g/mol. The van der Waals surface area contributed by atoms with Crippen molar-refractivity contribution < 1.29 is 4.79 Å². The molecule has 1 amide bonds. The molecule has 2 rings (SSSR count). The molecule has 1 aliphatic heterocycles. The zero-order valence-corrected chi connectivity index (χ0v) is 12.6. The fourth-order valence-corrected chi connectivity index (χ4v) is 2.24. The minimum absolute atomic E-state index is 0.155. The number of carbonyl (C=O) groups is 1. The van der Waals surface area contributed by atoms with Crippen molar-refractivity contribution in [3.8, 4) is 0 Å². The van der Waals surface area contributed by atoms with Crippen molar-refractivity contribution in [2.45, 2.75) is 13.0 Å².